The second-order valence-electron chi connectivity index (χ2n) is 2.81. The van der Waals surface area contributed by atoms with Gasteiger partial charge in [0.1, 0.15) is 9.35 Å². The molecule has 2 unspecified atom stereocenters. The zero-order chi connectivity index (χ0) is 12.1. The fourth-order valence-electron chi connectivity index (χ4n) is 0.508. The molecule has 92 valence electrons. The predicted octanol–water partition coefficient (Wildman–Crippen LogP) is 3.82. The topological polar surface area (TPSA) is 55.8 Å². The van der Waals surface area contributed by atoms with Crippen LogP contribution in [0.1, 0.15) is 13.3 Å². The van der Waals surface area contributed by atoms with Gasteiger partial charge in [-0.05, 0) is 13.3 Å². The lowest BCUT2D eigenvalue weighted by Gasteiger charge is -2.18. The molecule has 0 rings (SSSR count). The van der Waals surface area contributed by atoms with Gasteiger partial charge in [-0.2, -0.15) is 0 Å². The number of halogens is 4. The molecule has 1 N–H and O–H groups in total. The van der Waals surface area contributed by atoms with Crippen molar-refractivity contribution in [1.29, 1.82) is 0 Å². The van der Waals surface area contributed by atoms with E-state index in [9.17, 15) is 9.46 Å². The molecule has 0 aromatic rings. The summed E-state index contributed by atoms with van der Waals surface area (Å²) in [5.41, 5.74) is 0. The van der Waals surface area contributed by atoms with Crippen LogP contribution in [-0.4, -0.2) is 26.2 Å². The van der Waals surface area contributed by atoms with Crippen molar-refractivity contribution in [2.24, 2.45) is 0 Å². The van der Waals surface area contributed by atoms with E-state index >= 15 is 0 Å². The summed E-state index contributed by atoms with van der Waals surface area (Å²) >= 11 is 17.4. The molecule has 0 fully saturated rings. The van der Waals surface area contributed by atoms with Crippen molar-refractivity contribution in [3.05, 3.63) is 0 Å². The van der Waals surface area contributed by atoms with E-state index in [0.29, 0.717) is 11.8 Å². The number of phosphoric acid groups is 1. The molecular weight excluding hydrogens is 398 g/mol. The molecule has 2 atom stereocenters. The highest BCUT2D eigenvalue weighted by Gasteiger charge is 2.29. The molecule has 0 spiro atoms. The Bertz CT molecular complexity index is 236. The maximum Gasteiger partial charge on any atom is 0.473 e. The Balaban J connectivity index is 4.02. The Morgan fingerprint density at radius 3 is 2.53 bits per heavy atom. The van der Waals surface area contributed by atoms with Gasteiger partial charge in [0, 0.05) is 5.33 Å². The molecule has 0 aliphatic carbocycles. The first-order chi connectivity index (χ1) is 6.66. The van der Waals surface area contributed by atoms with E-state index in [-0.39, 0.29) is 6.61 Å². The normalized spacial score (nSPS) is 18.5. The van der Waals surface area contributed by atoms with E-state index in [1.54, 1.807) is 0 Å². The monoisotopic (exact) mass is 406 g/mol. The van der Waals surface area contributed by atoms with Gasteiger partial charge in [-0.25, -0.2) is 4.57 Å². The van der Waals surface area contributed by atoms with Crippen LogP contribution in [0.15, 0.2) is 0 Å². The Hall–Kier alpha value is 1.65. The zero-order valence-corrected chi connectivity index (χ0v) is 13.4. The fourth-order valence-corrected chi connectivity index (χ4v) is 3.54. The van der Waals surface area contributed by atoms with E-state index in [0.717, 1.165) is 0 Å². The molecule has 0 amide bonds. The number of hydrogen-bond acceptors (Lipinski definition) is 3. The lowest BCUT2D eigenvalue weighted by Crippen LogP contribution is -2.16. The van der Waals surface area contributed by atoms with Crippen LogP contribution in [0.4, 0.5) is 0 Å². The third kappa shape index (κ3) is 10.5. The lowest BCUT2D eigenvalue weighted by molar-refractivity contribution is 0.138. The van der Waals surface area contributed by atoms with Gasteiger partial charge in [-0.3, -0.25) is 9.05 Å². The Morgan fingerprint density at radius 2 is 2.13 bits per heavy atom. The smallest absolute Gasteiger partial charge is 0.302 e. The van der Waals surface area contributed by atoms with Crippen LogP contribution in [0.2, 0.25) is 0 Å². The van der Waals surface area contributed by atoms with Crippen LogP contribution in [0.25, 0.3) is 0 Å². The lowest BCUT2D eigenvalue weighted by atomic mass is 10.5. The molecule has 9 heteroatoms. The first kappa shape index (κ1) is 16.6. The molecule has 0 radical (unpaired) electrons. The van der Waals surface area contributed by atoms with Crippen LogP contribution in [0.5, 0.6) is 0 Å². The van der Waals surface area contributed by atoms with Gasteiger partial charge in [-0.1, -0.05) is 55.1 Å². The van der Waals surface area contributed by atoms with Gasteiger partial charge in [0.25, 0.3) is 0 Å². The summed E-state index contributed by atoms with van der Waals surface area (Å²) in [4.78, 5) is 9.22. The Labute approximate surface area is 115 Å². The Kier molecular flexibility index (Phi) is 7.95. The van der Waals surface area contributed by atoms with Crippen molar-refractivity contribution >= 4 is 62.9 Å². The SMILES string of the molecule is CC(Cl)(Cl)COP(=O)(O)OC(Br)CCBr. The van der Waals surface area contributed by atoms with Crippen LogP contribution in [0.3, 0.4) is 0 Å². The maximum absolute atomic E-state index is 11.3. The van der Waals surface area contributed by atoms with Gasteiger partial charge in [0.15, 0.2) is 0 Å². The molecule has 0 aliphatic rings. The van der Waals surface area contributed by atoms with Crippen LogP contribution < -0.4 is 0 Å². The molecule has 0 aliphatic heterocycles. The summed E-state index contributed by atoms with van der Waals surface area (Å²) in [5, 5.41) is 0.0654. The molecular formula is C6H11Br2Cl2O4P. The van der Waals surface area contributed by atoms with Crippen molar-refractivity contribution in [1.82, 2.24) is 0 Å². The van der Waals surface area contributed by atoms with Gasteiger partial charge in [-0.15, -0.1) is 0 Å². The maximum atomic E-state index is 11.3. The first-order valence-corrected chi connectivity index (χ1v) is 8.19. The molecule has 0 bridgehead atoms. The number of hydrogen-bond donors (Lipinski definition) is 1. The third-order valence-electron chi connectivity index (χ3n) is 1.06. The average molecular weight is 409 g/mol. The number of alkyl halides is 4. The molecule has 0 aromatic carbocycles. The van der Waals surface area contributed by atoms with E-state index in [1.807, 2.05) is 0 Å². The van der Waals surface area contributed by atoms with Crippen LogP contribution >= 0.6 is 62.9 Å². The molecule has 15 heavy (non-hydrogen) atoms. The van der Waals surface area contributed by atoms with E-state index in [1.165, 1.54) is 6.92 Å². The highest BCUT2D eigenvalue weighted by Crippen LogP contribution is 2.47. The van der Waals surface area contributed by atoms with Crippen molar-refractivity contribution in [2.45, 2.75) is 22.7 Å². The largest absolute Gasteiger partial charge is 0.473 e. The minimum absolute atomic E-state index is 0.294. The molecule has 0 saturated carbocycles. The quantitative estimate of drug-likeness (QED) is 0.514. The standard InChI is InChI=1S/C6H11Br2Cl2O4P/c1-6(9,10)4-13-15(11,12)14-5(8)2-3-7/h5H,2-4H2,1H3,(H,11,12). The van der Waals surface area contributed by atoms with Crippen molar-refractivity contribution in [2.75, 3.05) is 11.9 Å². The fraction of sp³-hybridized carbons (Fsp3) is 1.00. The summed E-state index contributed by atoms with van der Waals surface area (Å²) in [6.07, 6.45) is 0.521. The van der Waals surface area contributed by atoms with Crippen LogP contribution in [0, 0.1) is 0 Å². The van der Waals surface area contributed by atoms with Gasteiger partial charge in [0.05, 0.1) is 6.61 Å². The highest BCUT2D eigenvalue weighted by molar-refractivity contribution is 9.10. The molecule has 0 heterocycles. The first-order valence-electron chi connectivity index (χ1n) is 3.90. The second-order valence-corrected chi connectivity index (χ2v) is 7.89. The number of phosphoric ester groups is 1. The summed E-state index contributed by atoms with van der Waals surface area (Å²) < 4.78 is 19.4. The van der Waals surface area contributed by atoms with Gasteiger partial charge < -0.3 is 4.89 Å². The average Bonchev–Trinajstić information content (AvgIpc) is 1.99. The van der Waals surface area contributed by atoms with E-state index in [4.69, 9.17) is 27.7 Å². The van der Waals surface area contributed by atoms with E-state index < -0.39 is 17.2 Å². The van der Waals surface area contributed by atoms with Gasteiger partial charge >= 0.3 is 7.82 Å². The van der Waals surface area contributed by atoms with Crippen molar-refractivity contribution in [3.63, 3.8) is 0 Å². The summed E-state index contributed by atoms with van der Waals surface area (Å²) in [7, 11) is -4.11. The molecule has 0 aromatic heterocycles. The summed E-state index contributed by atoms with van der Waals surface area (Å²) in [6.45, 7) is 1.15. The van der Waals surface area contributed by atoms with Crippen molar-refractivity contribution in [3.8, 4) is 0 Å². The number of rotatable bonds is 7. The second kappa shape index (κ2) is 7.17. The zero-order valence-electron chi connectivity index (χ0n) is 7.83. The van der Waals surface area contributed by atoms with E-state index in [2.05, 4.69) is 36.4 Å². The summed E-state index contributed by atoms with van der Waals surface area (Å²) in [5.74, 6) is 0. The predicted molar refractivity (Wildman–Crippen MR) is 68.1 cm³/mol. The summed E-state index contributed by atoms with van der Waals surface area (Å²) in [6, 6.07) is 0. The van der Waals surface area contributed by atoms with Gasteiger partial charge in [0.2, 0.25) is 0 Å². The minimum Gasteiger partial charge on any atom is -0.302 e. The Morgan fingerprint density at radius 1 is 1.60 bits per heavy atom. The third-order valence-corrected chi connectivity index (χ3v) is 3.65. The minimum atomic E-state index is -4.11. The van der Waals surface area contributed by atoms with Crippen molar-refractivity contribution < 1.29 is 18.5 Å². The molecule has 4 nitrogen and oxygen atoms in total. The van der Waals surface area contributed by atoms with Crippen LogP contribution in [-0.2, 0) is 13.6 Å². The molecule has 0 saturated heterocycles. The highest BCUT2D eigenvalue weighted by atomic mass is 79.9.